The summed E-state index contributed by atoms with van der Waals surface area (Å²) >= 11 is 0. The van der Waals surface area contributed by atoms with Crippen LogP contribution in [0, 0.1) is 11.8 Å². The molecular formula is C21H26NO3+. The molecule has 2 N–H and O–H groups in total. The predicted molar refractivity (Wildman–Crippen MR) is 96.7 cm³/mol. The Morgan fingerprint density at radius 3 is 1.40 bits per heavy atom. The van der Waals surface area contributed by atoms with Gasteiger partial charge in [-0.2, -0.15) is 0 Å². The van der Waals surface area contributed by atoms with E-state index in [1.54, 1.807) is 14.2 Å². The first-order valence-corrected chi connectivity index (χ1v) is 8.71. The quantitative estimate of drug-likeness (QED) is 0.931. The fraction of sp³-hybridized carbons (Fsp3) is 0.381. The Bertz CT molecular complexity index is 662. The summed E-state index contributed by atoms with van der Waals surface area (Å²) in [6, 6.07) is 16.3. The monoisotopic (exact) mass is 340 g/mol. The van der Waals surface area contributed by atoms with Crippen LogP contribution in [0.4, 0.5) is 0 Å². The van der Waals surface area contributed by atoms with E-state index in [-0.39, 0.29) is 23.9 Å². The zero-order valence-electron chi connectivity index (χ0n) is 15.2. The number of ether oxygens (including phenoxy) is 2. The molecule has 0 spiro atoms. The Hall–Kier alpha value is -2.33. The maximum atomic E-state index is 12.9. The van der Waals surface area contributed by atoms with Crippen LogP contribution >= 0.6 is 0 Å². The van der Waals surface area contributed by atoms with Crippen LogP contribution in [0.5, 0.6) is 11.5 Å². The van der Waals surface area contributed by atoms with Crippen molar-refractivity contribution in [3.63, 3.8) is 0 Å². The lowest BCUT2D eigenvalue weighted by molar-refractivity contribution is -0.748. The van der Waals surface area contributed by atoms with Crippen molar-refractivity contribution in [3.05, 3.63) is 59.7 Å². The van der Waals surface area contributed by atoms with Crippen molar-refractivity contribution in [2.24, 2.45) is 11.8 Å². The molecule has 3 rings (SSSR count). The van der Waals surface area contributed by atoms with Gasteiger partial charge < -0.3 is 14.8 Å². The third-order valence-corrected chi connectivity index (χ3v) is 5.39. The van der Waals surface area contributed by atoms with Crippen LogP contribution < -0.4 is 14.8 Å². The molecule has 1 aliphatic heterocycles. The van der Waals surface area contributed by atoms with Crippen LogP contribution in [0.3, 0.4) is 0 Å². The number of carbonyl (C=O) groups excluding carboxylic acids is 1. The fourth-order valence-electron chi connectivity index (χ4n) is 3.78. The Balaban J connectivity index is 1.89. The van der Waals surface area contributed by atoms with Crippen LogP contribution in [0.2, 0.25) is 0 Å². The smallest absolute Gasteiger partial charge is 0.151 e. The lowest BCUT2D eigenvalue weighted by atomic mass is 9.76. The SMILES string of the molecule is COc1ccc(C2[NH2+]C(c3ccc(OC)cc3)C(C)C(=O)C2C)cc1. The highest BCUT2D eigenvalue weighted by Gasteiger charge is 2.43. The summed E-state index contributed by atoms with van der Waals surface area (Å²) in [4.78, 5) is 12.9. The number of piperidine rings is 1. The topological polar surface area (TPSA) is 52.1 Å². The van der Waals surface area contributed by atoms with E-state index in [0.29, 0.717) is 5.78 Å². The van der Waals surface area contributed by atoms with E-state index in [2.05, 4.69) is 29.6 Å². The number of quaternary nitrogens is 1. The average Bonchev–Trinajstić information content (AvgIpc) is 2.67. The van der Waals surface area contributed by atoms with E-state index in [1.807, 2.05) is 38.1 Å². The van der Waals surface area contributed by atoms with Gasteiger partial charge in [-0.25, -0.2) is 0 Å². The van der Waals surface area contributed by atoms with E-state index in [4.69, 9.17) is 9.47 Å². The van der Waals surface area contributed by atoms with Gasteiger partial charge in [0.2, 0.25) is 0 Å². The highest BCUT2D eigenvalue weighted by Crippen LogP contribution is 2.33. The van der Waals surface area contributed by atoms with Crippen molar-refractivity contribution in [1.82, 2.24) is 0 Å². The maximum Gasteiger partial charge on any atom is 0.151 e. The van der Waals surface area contributed by atoms with Gasteiger partial charge in [-0.15, -0.1) is 0 Å². The molecule has 132 valence electrons. The number of rotatable bonds is 4. The maximum absolute atomic E-state index is 12.9. The molecule has 0 aliphatic carbocycles. The number of methoxy groups -OCH3 is 2. The van der Waals surface area contributed by atoms with Gasteiger partial charge in [0.1, 0.15) is 23.6 Å². The Labute approximate surface area is 149 Å². The molecule has 2 aromatic rings. The van der Waals surface area contributed by atoms with Crippen molar-refractivity contribution in [1.29, 1.82) is 0 Å². The predicted octanol–water partition coefficient (Wildman–Crippen LogP) is 2.90. The number of carbonyl (C=O) groups is 1. The molecule has 0 aromatic heterocycles. The highest BCUT2D eigenvalue weighted by molar-refractivity contribution is 5.84. The molecular weight excluding hydrogens is 314 g/mol. The van der Waals surface area contributed by atoms with Crippen molar-refractivity contribution < 1.29 is 19.6 Å². The minimum atomic E-state index is -0.0158. The van der Waals surface area contributed by atoms with E-state index < -0.39 is 0 Å². The van der Waals surface area contributed by atoms with Crippen molar-refractivity contribution in [2.45, 2.75) is 25.9 Å². The molecule has 0 amide bonds. The molecule has 0 radical (unpaired) electrons. The zero-order chi connectivity index (χ0) is 18.0. The fourth-order valence-corrected chi connectivity index (χ4v) is 3.78. The summed E-state index contributed by atoms with van der Waals surface area (Å²) in [7, 11) is 3.32. The summed E-state index contributed by atoms with van der Waals surface area (Å²) in [6.07, 6.45) is 0. The van der Waals surface area contributed by atoms with E-state index in [0.717, 1.165) is 22.6 Å². The summed E-state index contributed by atoms with van der Waals surface area (Å²) in [5.74, 6) is 1.96. The zero-order valence-corrected chi connectivity index (χ0v) is 15.2. The molecule has 1 heterocycles. The van der Waals surface area contributed by atoms with Crippen molar-refractivity contribution in [3.8, 4) is 11.5 Å². The number of benzene rings is 2. The first-order chi connectivity index (χ1) is 12.0. The molecule has 0 saturated carbocycles. The van der Waals surface area contributed by atoms with Gasteiger partial charge in [-0.1, -0.05) is 0 Å². The van der Waals surface area contributed by atoms with Crippen LogP contribution in [-0.2, 0) is 4.79 Å². The van der Waals surface area contributed by atoms with E-state index >= 15 is 0 Å². The summed E-state index contributed by atoms with van der Waals surface area (Å²) in [6.45, 7) is 4.07. The minimum Gasteiger partial charge on any atom is -0.497 e. The summed E-state index contributed by atoms with van der Waals surface area (Å²) in [5.41, 5.74) is 2.32. The van der Waals surface area contributed by atoms with Gasteiger partial charge in [-0.05, 0) is 62.4 Å². The normalized spacial score (nSPS) is 26.3. The van der Waals surface area contributed by atoms with Gasteiger partial charge in [0.15, 0.2) is 5.78 Å². The van der Waals surface area contributed by atoms with Gasteiger partial charge in [0, 0.05) is 11.1 Å². The van der Waals surface area contributed by atoms with Crippen LogP contribution in [0.15, 0.2) is 48.5 Å². The first kappa shape index (κ1) is 17.5. The molecule has 4 atom stereocenters. The number of hydrogen-bond donors (Lipinski definition) is 1. The second kappa shape index (κ2) is 7.28. The van der Waals surface area contributed by atoms with Gasteiger partial charge in [0.25, 0.3) is 0 Å². The number of Topliss-reactive ketones (excluding diaryl/α,β-unsaturated/α-hetero) is 1. The van der Waals surface area contributed by atoms with Crippen molar-refractivity contribution >= 4 is 5.78 Å². The van der Waals surface area contributed by atoms with Gasteiger partial charge in [0.05, 0.1) is 26.1 Å². The first-order valence-electron chi connectivity index (χ1n) is 8.71. The Morgan fingerprint density at radius 1 is 0.720 bits per heavy atom. The number of ketones is 1. The van der Waals surface area contributed by atoms with Gasteiger partial charge in [-0.3, -0.25) is 4.79 Å². The molecule has 25 heavy (non-hydrogen) atoms. The Kier molecular flexibility index (Phi) is 5.09. The molecule has 1 saturated heterocycles. The second-order valence-electron chi connectivity index (χ2n) is 6.77. The lowest BCUT2D eigenvalue weighted by Crippen LogP contribution is -2.91. The van der Waals surface area contributed by atoms with Crippen LogP contribution in [0.1, 0.15) is 37.1 Å². The Morgan fingerprint density at radius 2 is 1.08 bits per heavy atom. The average molecular weight is 340 g/mol. The number of hydrogen-bond acceptors (Lipinski definition) is 3. The molecule has 4 heteroatoms. The molecule has 2 aromatic carbocycles. The van der Waals surface area contributed by atoms with Crippen LogP contribution in [0.25, 0.3) is 0 Å². The van der Waals surface area contributed by atoms with E-state index in [9.17, 15) is 4.79 Å². The molecule has 1 fully saturated rings. The molecule has 0 bridgehead atoms. The molecule has 4 unspecified atom stereocenters. The molecule has 1 aliphatic rings. The third kappa shape index (κ3) is 3.40. The molecule has 4 nitrogen and oxygen atoms in total. The number of nitrogens with two attached hydrogens (primary N) is 1. The van der Waals surface area contributed by atoms with Crippen molar-refractivity contribution in [2.75, 3.05) is 14.2 Å². The van der Waals surface area contributed by atoms with Gasteiger partial charge >= 0.3 is 0 Å². The van der Waals surface area contributed by atoms with E-state index in [1.165, 1.54) is 0 Å². The third-order valence-electron chi connectivity index (χ3n) is 5.39. The summed E-state index contributed by atoms with van der Waals surface area (Å²) in [5, 5.41) is 2.33. The largest absolute Gasteiger partial charge is 0.497 e. The highest BCUT2D eigenvalue weighted by atomic mass is 16.5. The lowest BCUT2D eigenvalue weighted by Gasteiger charge is -2.36. The second-order valence-corrected chi connectivity index (χ2v) is 6.77. The van der Waals surface area contributed by atoms with Crippen LogP contribution in [-0.4, -0.2) is 20.0 Å². The summed E-state index contributed by atoms with van der Waals surface area (Å²) < 4.78 is 10.5. The standard InChI is InChI=1S/C21H25NO3/c1-13-19(15-5-9-17(24-3)10-6-15)22-20(14(2)21(13)23)16-7-11-18(25-4)12-8-16/h5-14,19-20,22H,1-4H3/p+1. The minimum absolute atomic E-state index is 0.0158.